The molecule has 2 aromatic rings. The molecule has 4 nitrogen and oxygen atoms in total. The van der Waals surface area contributed by atoms with Gasteiger partial charge in [0.15, 0.2) is 0 Å². The fourth-order valence-corrected chi connectivity index (χ4v) is 2.42. The Balaban J connectivity index is 2.00. The maximum absolute atomic E-state index is 12.3. The highest BCUT2D eigenvalue weighted by atomic mass is 16.5. The quantitative estimate of drug-likeness (QED) is 0.814. The molecule has 0 fully saturated rings. The lowest BCUT2D eigenvalue weighted by molar-refractivity contribution is -0.130. The Morgan fingerprint density at radius 2 is 1.74 bits per heavy atom. The van der Waals surface area contributed by atoms with Crippen molar-refractivity contribution in [1.82, 2.24) is 10.2 Å². The van der Waals surface area contributed by atoms with Crippen molar-refractivity contribution in [2.45, 2.75) is 13.0 Å². The van der Waals surface area contributed by atoms with E-state index in [1.165, 1.54) is 5.56 Å². The van der Waals surface area contributed by atoms with Crippen LogP contribution in [-0.4, -0.2) is 38.1 Å². The Labute approximate surface area is 138 Å². The molecule has 0 spiro atoms. The minimum Gasteiger partial charge on any atom is -0.497 e. The molecule has 0 unspecified atom stereocenters. The van der Waals surface area contributed by atoms with Crippen LogP contribution in [0.3, 0.4) is 0 Å². The molecule has 0 radical (unpaired) electrons. The molecule has 0 heterocycles. The Bertz CT molecular complexity index is 597. The van der Waals surface area contributed by atoms with E-state index >= 15 is 0 Å². The number of rotatable bonds is 8. The monoisotopic (exact) mass is 312 g/mol. The molecular weight excluding hydrogens is 288 g/mol. The van der Waals surface area contributed by atoms with Crippen LogP contribution in [0, 0.1) is 0 Å². The van der Waals surface area contributed by atoms with Crippen molar-refractivity contribution in [3.63, 3.8) is 0 Å². The SMILES string of the molecule is CNCC(=O)N(CCc1ccc(OC)cc1)Cc1ccccc1. The van der Waals surface area contributed by atoms with E-state index in [1.807, 2.05) is 59.5 Å². The summed E-state index contributed by atoms with van der Waals surface area (Å²) < 4.78 is 5.17. The van der Waals surface area contributed by atoms with Gasteiger partial charge in [0.2, 0.25) is 5.91 Å². The van der Waals surface area contributed by atoms with Gasteiger partial charge in [-0.2, -0.15) is 0 Å². The van der Waals surface area contributed by atoms with Gasteiger partial charge in [-0.1, -0.05) is 42.5 Å². The average molecular weight is 312 g/mol. The predicted molar refractivity (Wildman–Crippen MR) is 92.5 cm³/mol. The summed E-state index contributed by atoms with van der Waals surface area (Å²) in [7, 11) is 3.45. The summed E-state index contributed by atoms with van der Waals surface area (Å²) in [6.45, 7) is 1.69. The maximum Gasteiger partial charge on any atom is 0.236 e. The molecule has 122 valence electrons. The van der Waals surface area contributed by atoms with Gasteiger partial charge in [0.05, 0.1) is 13.7 Å². The number of carbonyl (C=O) groups excluding carboxylic acids is 1. The van der Waals surface area contributed by atoms with Crippen molar-refractivity contribution >= 4 is 5.91 Å². The van der Waals surface area contributed by atoms with Gasteiger partial charge in [0, 0.05) is 13.1 Å². The number of likely N-dealkylation sites (N-methyl/N-ethyl adjacent to an activating group) is 1. The fraction of sp³-hybridized carbons (Fsp3) is 0.316. The first-order valence-electron chi connectivity index (χ1n) is 7.82. The van der Waals surface area contributed by atoms with E-state index in [9.17, 15) is 4.79 Å². The molecule has 0 saturated carbocycles. The van der Waals surface area contributed by atoms with E-state index in [1.54, 1.807) is 14.2 Å². The zero-order valence-corrected chi connectivity index (χ0v) is 13.8. The zero-order valence-electron chi connectivity index (χ0n) is 13.8. The number of nitrogens with zero attached hydrogens (tertiary/aromatic N) is 1. The summed E-state index contributed by atoms with van der Waals surface area (Å²) in [4.78, 5) is 14.2. The molecule has 0 bridgehead atoms. The number of carbonyl (C=O) groups is 1. The second kappa shape index (κ2) is 8.96. The average Bonchev–Trinajstić information content (AvgIpc) is 2.60. The summed E-state index contributed by atoms with van der Waals surface area (Å²) in [5.74, 6) is 0.964. The van der Waals surface area contributed by atoms with Gasteiger partial charge in [0.1, 0.15) is 5.75 Å². The molecule has 0 aliphatic rings. The Morgan fingerprint density at radius 3 is 2.35 bits per heavy atom. The van der Waals surface area contributed by atoms with Gasteiger partial charge in [-0.25, -0.2) is 0 Å². The third-order valence-corrected chi connectivity index (χ3v) is 3.73. The summed E-state index contributed by atoms with van der Waals surface area (Å²) in [5, 5.41) is 2.94. The largest absolute Gasteiger partial charge is 0.497 e. The molecule has 2 rings (SSSR count). The number of ether oxygens (including phenoxy) is 1. The van der Waals surface area contributed by atoms with E-state index in [-0.39, 0.29) is 5.91 Å². The third kappa shape index (κ3) is 5.42. The minimum absolute atomic E-state index is 0.116. The first kappa shape index (κ1) is 17.0. The van der Waals surface area contributed by atoms with Crippen LogP contribution in [0.1, 0.15) is 11.1 Å². The Morgan fingerprint density at radius 1 is 1.04 bits per heavy atom. The lowest BCUT2D eigenvalue weighted by Crippen LogP contribution is -2.38. The molecule has 1 amide bonds. The third-order valence-electron chi connectivity index (χ3n) is 3.73. The van der Waals surface area contributed by atoms with Crippen LogP contribution < -0.4 is 10.1 Å². The Hall–Kier alpha value is -2.33. The molecule has 0 aliphatic carbocycles. The molecule has 2 aromatic carbocycles. The van der Waals surface area contributed by atoms with Gasteiger partial charge in [-0.3, -0.25) is 4.79 Å². The van der Waals surface area contributed by atoms with Crippen LogP contribution >= 0.6 is 0 Å². The van der Waals surface area contributed by atoms with Crippen LogP contribution in [-0.2, 0) is 17.8 Å². The smallest absolute Gasteiger partial charge is 0.236 e. The van der Waals surface area contributed by atoms with Crippen molar-refractivity contribution in [3.05, 3.63) is 65.7 Å². The topological polar surface area (TPSA) is 41.6 Å². The summed E-state index contributed by atoms with van der Waals surface area (Å²) >= 11 is 0. The van der Waals surface area contributed by atoms with Crippen molar-refractivity contribution in [2.24, 2.45) is 0 Å². The van der Waals surface area contributed by atoms with Crippen molar-refractivity contribution < 1.29 is 9.53 Å². The normalized spacial score (nSPS) is 10.3. The second-order valence-electron chi connectivity index (χ2n) is 5.43. The lowest BCUT2D eigenvalue weighted by Gasteiger charge is -2.23. The van der Waals surface area contributed by atoms with Gasteiger partial charge >= 0.3 is 0 Å². The van der Waals surface area contributed by atoms with E-state index in [0.29, 0.717) is 19.6 Å². The van der Waals surface area contributed by atoms with Crippen molar-refractivity contribution in [2.75, 3.05) is 27.2 Å². The molecule has 0 atom stereocenters. The molecule has 4 heteroatoms. The van der Waals surface area contributed by atoms with Crippen LogP contribution in [0.5, 0.6) is 5.75 Å². The van der Waals surface area contributed by atoms with E-state index in [4.69, 9.17) is 4.74 Å². The van der Waals surface area contributed by atoms with Crippen molar-refractivity contribution in [3.8, 4) is 5.75 Å². The summed E-state index contributed by atoms with van der Waals surface area (Å²) in [5.41, 5.74) is 2.34. The van der Waals surface area contributed by atoms with Crippen LogP contribution in [0.15, 0.2) is 54.6 Å². The van der Waals surface area contributed by atoms with Gasteiger partial charge in [-0.05, 0) is 36.7 Å². The second-order valence-corrected chi connectivity index (χ2v) is 5.43. The van der Waals surface area contributed by atoms with Crippen LogP contribution in [0.4, 0.5) is 0 Å². The predicted octanol–water partition coefficient (Wildman–Crippen LogP) is 2.49. The number of hydrogen-bond donors (Lipinski definition) is 1. The summed E-state index contributed by atoms with van der Waals surface area (Å²) in [6, 6.07) is 18.1. The standard InChI is InChI=1S/C19H24N2O2/c1-20-14-19(22)21(15-17-6-4-3-5-7-17)13-12-16-8-10-18(23-2)11-9-16/h3-11,20H,12-15H2,1-2H3. The molecule has 1 N–H and O–H groups in total. The first-order chi connectivity index (χ1) is 11.2. The molecular formula is C19H24N2O2. The number of benzene rings is 2. The number of methoxy groups -OCH3 is 1. The molecule has 0 saturated heterocycles. The number of hydrogen-bond acceptors (Lipinski definition) is 3. The van der Waals surface area contributed by atoms with E-state index < -0.39 is 0 Å². The van der Waals surface area contributed by atoms with Gasteiger partial charge in [-0.15, -0.1) is 0 Å². The number of nitrogens with one attached hydrogen (secondary N) is 1. The first-order valence-corrected chi connectivity index (χ1v) is 7.82. The Kier molecular flexibility index (Phi) is 6.63. The van der Waals surface area contributed by atoms with Gasteiger partial charge in [0.25, 0.3) is 0 Å². The molecule has 23 heavy (non-hydrogen) atoms. The highest BCUT2D eigenvalue weighted by molar-refractivity contribution is 5.78. The zero-order chi connectivity index (χ0) is 16.5. The van der Waals surface area contributed by atoms with Gasteiger partial charge < -0.3 is 15.0 Å². The van der Waals surface area contributed by atoms with Crippen molar-refractivity contribution in [1.29, 1.82) is 0 Å². The molecule has 0 aromatic heterocycles. The maximum atomic E-state index is 12.3. The van der Waals surface area contributed by atoms with Crippen LogP contribution in [0.25, 0.3) is 0 Å². The highest BCUT2D eigenvalue weighted by Crippen LogP contribution is 2.13. The minimum atomic E-state index is 0.116. The number of amides is 1. The van der Waals surface area contributed by atoms with E-state index in [0.717, 1.165) is 17.7 Å². The van der Waals surface area contributed by atoms with E-state index in [2.05, 4.69) is 5.32 Å². The molecule has 0 aliphatic heterocycles. The highest BCUT2D eigenvalue weighted by Gasteiger charge is 2.13. The lowest BCUT2D eigenvalue weighted by atomic mass is 10.1. The van der Waals surface area contributed by atoms with Crippen LogP contribution in [0.2, 0.25) is 0 Å². The fourth-order valence-electron chi connectivity index (χ4n) is 2.42. The summed E-state index contributed by atoms with van der Waals surface area (Å²) in [6.07, 6.45) is 0.826.